The van der Waals surface area contributed by atoms with Crippen molar-refractivity contribution < 1.29 is 14.3 Å². The molecule has 0 bridgehead atoms. The highest BCUT2D eigenvalue weighted by atomic mass is 16.3. The summed E-state index contributed by atoms with van der Waals surface area (Å²) in [6.07, 6.45) is 5.46. The zero-order valence-corrected chi connectivity index (χ0v) is 13.5. The van der Waals surface area contributed by atoms with Crippen LogP contribution >= 0.6 is 0 Å². The Morgan fingerprint density at radius 3 is 2.70 bits per heavy atom. The van der Waals surface area contributed by atoms with Crippen LogP contribution in [0.1, 0.15) is 29.5 Å². The molecule has 2 aromatic rings. The SMILES string of the molecule is Cc1cccc(CC2(O)CCN(C(=O)Cc3ccoc3)CC2)c1. The first-order chi connectivity index (χ1) is 11.0. The predicted octanol–water partition coefficient (Wildman–Crippen LogP) is 2.73. The van der Waals surface area contributed by atoms with Gasteiger partial charge in [0.25, 0.3) is 0 Å². The van der Waals surface area contributed by atoms with Gasteiger partial charge in [-0.15, -0.1) is 0 Å². The molecule has 1 aromatic carbocycles. The number of nitrogens with zero attached hydrogens (tertiary/aromatic N) is 1. The molecule has 1 saturated heterocycles. The van der Waals surface area contributed by atoms with E-state index in [1.54, 1.807) is 12.5 Å². The molecule has 122 valence electrons. The minimum atomic E-state index is -0.708. The third-order valence-corrected chi connectivity index (χ3v) is 4.60. The Hall–Kier alpha value is -2.07. The van der Waals surface area contributed by atoms with Gasteiger partial charge in [-0.2, -0.15) is 0 Å². The van der Waals surface area contributed by atoms with Crippen LogP contribution in [0.4, 0.5) is 0 Å². The van der Waals surface area contributed by atoms with Crippen LogP contribution in [0.3, 0.4) is 0 Å². The summed E-state index contributed by atoms with van der Waals surface area (Å²) in [5.41, 5.74) is 2.56. The molecule has 1 N–H and O–H groups in total. The number of aliphatic hydroxyl groups is 1. The smallest absolute Gasteiger partial charge is 0.227 e. The number of rotatable bonds is 4. The van der Waals surface area contributed by atoms with E-state index in [0.29, 0.717) is 38.8 Å². The minimum absolute atomic E-state index is 0.101. The van der Waals surface area contributed by atoms with Crippen molar-refractivity contribution in [2.24, 2.45) is 0 Å². The quantitative estimate of drug-likeness (QED) is 0.944. The number of benzene rings is 1. The maximum Gasteiger partial charge on any atom is 0.227 e. The van der Waals surface area contributed by atoms with Gasteiger partial charge in [0, 0.05) is 19.5 Å². The summed E-state index contributed by atoms with van der Waals surface area (Å²) in [5.74, 6) is 0.101. The minimum Gasteiger partial charge on any atom is -0.472 e. The third kappa shape index (κ3) is 4.02. The molecule has 0 saturated carbocycles. The van der Waals surface area contributed by atoms with Crippen LogP contribution in [0.15, 0.2) is 47.3 Å². The molecular formula is C19H23NO3. The van der Waals surface area contributed by atoms with Crippen LogP contribution in [0.25, 0.3) is 0 Å². The van der Waals surface area contributed by atoms with Gasteiger partial charge in [-0.05, 0) is 37.0 Å². The van der Waals surface area contributed by atoms with Crippen LogP contribution < -0.4 is 0 Å². The van der Waals surface area contributed by atoms with Crippen LogP contribution in [-0.4, -0.2) is 34.6 Å². The summed E-state index contributed by atoms with van der Waals surface area (Å²) in [5, 5.41) is 10.8. The van der Waals surface area contributed by atoms with Crippen LogP contribution in [0.2, 0.25) is 0 Å². The number of hydrogen-bond acceptors (Lipinski definition) is 3. The van der Waals surface area contributed by atoms with Gasteiger partial charge < -0.3 is 14.4 Å². The first kappa shape index (κ1) is 15.8. The standard InChI is InChI=1S/C19H23NO3/c1-15-3-2-4-16(11-15)13-19(22)6-8-20(9-7-19)18(21)12-17-5-10-23-14-17/h2-5,10-11,14,22H,6-9,12-13H2,1H3. The lowest BCUT2D eigenvalue weighted by atomic mass is 9.85. The molecular weight excluding hydrogens is 290 g/mol. The van der Waals surface area contributed by atoms with Crippen molar-refractivity contribution in [2.75, 3.05) is 13.1 Å². The zero-order chi connectivity index (χ0) is 16.3. The van der Waals surface area contributed by atoms with Crippen molar-refractivity contribution in [1.82, 2.24) is 4.90 Å². The van der Waals surface area contributed by atoms with Crippen molar-refractivity contribution in [2.45, 2.75) is 38.2 Å². The van der Waals surface area contributed by atoms with Gasteiger partial charge in [0.1, 0.15) is 0 Å². The lowest BCUT2D eigenvalue weighted by Crippen LogP contribution is -2.48. The molecule has 3 rings (SSSR count). The average molecular weight is 313 g/mol. The fourth-order valence-electron chi connectivity index (χ4n) is 3.23. The molecule has 1 aliphatic heterocycles. The second-order valence-electron chi connectivity index (χ2n) is 6.58. The van der Waals surface area contributed by atoms with E-state index in [4.69, 9.17) is 4.42 Å². The maximum atomic E-state index is 12.3. The molecule has 0 atom stereocenters. The lowest BCUT2D eigenvalue weighted by molar-refractivity contribution is -0.134. The zero-order valence-electron chi connectivity index (χ0n) is 13.5. The Morgan fingerprint density at radius 1 is 1.26 bits per heavy atom. The molecule has 0 spiro atoms. The molecule has 23 heavy (non-hydrogen) atoms. The Balaban J connectivity index is 1.55. The Morgan fingerprint density at radius 2 is 2.04 bits per heavy atom. The van der Waals surface area contributed by atoms with Crippen molar-refractivity contribution in [3.8, 4) is 0 Å². The molecule has 0 aliphatic carbocycles. The van der Waals surface area contributed by atoms with Gasteiger partial charge in [-0.25, -0.2) is 0 Å². The summed E-state index contributed by atoms with van der Waals surface area (Å²) in [6, 6.07) is 10.1. The fourth-order valence-corrected chi connectivity index (χ4v) is 3.23. The Bertz CT molecular complexity index is 655. The third-order valence-electron chi connectivity index (χ3n) is 4.60. The van der Waals surface area contributed by atoms with Gasteiger partial charge in [0.15, 0.2) is 0 Å². The van der Waals surface area contributed by atoms with E-state index >= 15 is 0 Å². The molecule has 4 nitrogen and oxygen atoms in total. The topological polar surface area (TPSA) is 53.7 Å². The highest BCUT2D eigenvalue weighted by molar-refractivity contribution is 5.78. The van der Waals surface area contributed by atoms with Gasteiger partial charge in [0.2, 0.25) is 5.91 Å². The number of carbonyl (C=O) groups excluding carboxylic acids is 1. The number of carbonyl (C=O) groups is 1. The number of hydrogen-bond donors (Lipinski definition) is 1. The molecule has 1 aliphatic rings. The molecule has 2 heterocycles. The monoisotopic (exact) mass is 313 g/mol. The number of amides is 1. The molecule has 0 radical (unpaired) electrons. The van der Waals surface area contributed by atoms with E-state index in [0.717, 1.165) is 11.1 Å². The van der Waals surface area contributed by atoms with Crippen molar-refractivity contribution in [3.05, 3.63) is 59.5 Å². The molecule has 1 aromatic heterocycles. The largest absolute Gasteiger partial charge is 0.472 e. The first-order valence-electron chi connectivity index (χ1n) is 8.11. The summed E-state index contributed by atoms with van der Waals surface area (Å²) in [4.78, 5) is 14.1. The van der Waals surface area contributed by atoms with Crippen molar-refractivity contribution in [3.63, 3.8) is 0 Å². The van der Waals surface area contributed by atoms with E-state index in [2.05, 4.69) is 25.1 Å². The number of likely N-dealkylation sites (tertiary alicyclic amines) is 1. The molecule has 4 heteroatoms. The maximum absolute atomic E-state index is 12.3. The van der Waals surface area contributed by atoms with Crippen molar-refractivity contribution >= 4 is 5.91 Å². The van der Waals surface area contributed by atoms with Gasteiger partial charge in [-0.1, -0.05) is 29.8 Å². The van der Waals surface area contributed by atoms with Gasteiger partial charge in [0.05, 0.1) is 24.5 Å². The predicted molar refractivity (Wildman–Crippen MR) is 88.1 cm³/mol. The highest BCUT2D eigenvalue weighted by Gasteiger charge is 2.33. The van der Waals surface area contributed by atoms with E-state index in [1.165, 1.54) is 5.56 Å². The van der Waals surface area contributed by atoms with Gasteiger partial charge >= 0.3 is 0 Å². The normalized spacial score (nSPS) is 17.2. The van der Waals surface area contributed by atoms with E-state index < -0.39 is 5.60 Å². The number of aryl methyl sites for hydroxylation is 1. The molecule has 0 unspecified atom stereocenters. The van der Waals surface area contributed by atoms with Crippen LogP contribution in [-0.2, 0) is 17.6 Å². The highest BCUT2D eigenvalue weighted by Crippen LogP contribution is 2.27. The van der Waals surface area contributed by atoms with E-state index in [-0.39, 0.29) is 5.91 Å². The Kier molecular flexibility index (Phi) is 4.53. The Labute approximate surface area is 136 Å². The second kappa shape index (κ2) is 6.59. The molecule has 1 fully saturated rings. The molecule has 1 amide bonds. The van der Waals surface area contributed by atoms with E-state index in [9.17, 15) is 9.90 Å². The summed E-state index contributed by atoms with van der Waals surface area (Å²) in [7, 11) is 0. The summed E-state index contributed by atoms with van der Waals surface area (Å²) < 4.78 is 5.00. The lowest BCUT2D eigenvalue weighted by Gasteiger charge is -2.38. The fraction of sp³-hybridized carbons (Fsp3) is 0.421. The summed E-state index contributed by atoms with van der Waals surface area (Å²) in [6.45, 7) is 3.28. The van der Waals surface area contributed by atoms with Crippen LogP contribution in [0.5, 0.6) is 0 Å². The van der Waals surface area contributed by atoms with Gasteiger partial charge in [-0.3, -0.25) is 4.79 Å². The first-order valence-corrected chi connectivity index (χ1v) is 8.11. The van der Waals surface area contributed by atoms with Crippen molar-refractivity contribution in [1.29, 1.82) is 0 Å². The second-order valence-corrected chi connectivity index (χ2v) is 6.58. The number of piperidine rings is 1. The van der Waals surface area contributed by atoms with E-state index in [1.807, 2.05) is 17.0 Å². The summed E-state index contributed by atoms with van der Waals surface area (Å²) >= 11 is 0. The van der Waals surface area contributed by atoms with Crippen LogP contribution in [0, 0.1) is 6.92 Å². The number of furan rings is 1. The average Bonchev–Trinajstić information content (AvgIpc) is 3.00.